The first-order valence-electron chi connectivity index (χ1n) is 9.82. The number of allylic oxidation sites excluding steroid dienone is 2. The van der Waals surface area contributed by atoms with Gasteiger partial charge in [0.25, 0.3) is 5.91 Å². The Morgan fingerprint density at radius 1 is 1.16 bits per heavy atom. The monoisotopic (exact) mass is 428 g/mol. The second-order valence-corrected chi connectivity index (χ2v) is 7.25. The third-order valence-corrected chi connectivity index (χ3v) is 5.30. The molecule has 0 saturated carbocycles. The maximum atomic E-state index is 13.6. The number of benzene rings is 2. The smallest absolute Gasteiger partial charge is 0.268 e. The van der Waals surface area contributed by atoms with E-state index in [1.807, 2.05) is 38.1 Å². The molecule has 8 heteroatoms. The minimum Gasteiger partial charge on any atom is -0.381 e. The van der Waals surface area contributed by atoms with Crippen LogP contribution in [-0.2, 0) is 0 Å². The number of rotatable bonds is 5. The molecule has 2 aromatic heterocycles. The van der Waals surface area contributed by atoms with Crippen LogP contribution in [0, 0.1) is 5.82 Å². The number of nitrogen functional groups attached to an aromatic ring is 1. The summed E-state index contributed by atoms with van der Waals surface area (Å²) in [6.45, 7) is 7.58. The summed E-state index contributed by atoms with van der Waals surface area (Å²) in [5.41, 5.74) is 17.2. The fourth-order valence-corrected chi connectivity index (χ4v) is 3.57. The van der Waals surface area contributed by atoms with Crippen LogP contribution in [0.1, 0.15) is 29.9 Å². The Morgan fingerprint density at radius 2 is 1.84 bits per heavy atom. The van der Waals surface area contributed by atoms with Crippen molar-refractivity contribution < 1.29 is 9.18 Å². The van der Waals surface area contributed by atoms with E-state index >= 15 is 0 Å². The van der Waals surface area contributed by atoms with E-state index in [1.54, 1.807) is 16.5 Å². The molecular formula is C24H21FN6O. The lowest BCUT2D eigenvalue weighted by molar-refractivity contribution is 0.0996. The van der Waals surface area contributed by atoms with Crippen LogP contribution in [0.4, 0.5) is 15.9 Å². The van der Waals surface area contributed by atoms with Gasteiger partial charge >= 0.3 is 0 Å². The first-order valence-corrected chi connectivity index (χ1v) is 9.82. The molecule has 160 valence electrons. The topological polar surface area (TPSA) is 112 Å². The highest BCUT2D eigenvalue weighted by atomic mass is 19.1. The van der Waals surface area contributed by atoms with E-state index in [4.69, 9.17) is 11.5 Å². The molecular weight excluding hydrogens is 407 g/mol. The van der Waals surface area contributed by atoms with Crippen molar-refractivity contribution in [2.24, 2.45) is 10.7 Å². The van der Waals surface area contributed by atoms with Crippen molar-refractivity contribution in [3.8, 4) is 22.5 Å². The SMILES string of the molecule is C=Nc1ccc(-c2c(-c3ccc(F)cc3)nc(N)c3nc(C(N)=O)cn23)cc1/C(C)=C\C. The largest absolute Gasteiger partial charge is 0.381 e. The number of carbonyl (C=O) groups excluding carboxylic acids is 1. The quantitative estimate of drug-likeness (QED) is 0.451. The molecule has 4 N–H and O–H groups in total. The predicted molar refractivity (Wildman–Crippen MR) is 125 cm³/mol. The second kappa shape index (κ2) is 8.07. The summed E-state index contributed by atoms with van der Waals surface area (Å²) in [5.74, 6) is -0.927. The summed E-state index contributed by atoms with van der Waals surface area (Å²) in [6, 6.07) is 11.6. The lowest BCUT2D eigenvalue weighted by Gasteiger charge is -2.15. The molecule has 0 aliphatic rings. The van der Waals surface area contributed by atoms with Gasteiger partial charge in [-0.15, -0.1) is 0 Å². The van der Waals surface area contributed by atoms with Gasteiger partial charge in [0.1, 0.15) is 11.5 Å². The number of fused-ring (bicyclic) bond motifs is 1. The molecule has 0 saturated heterocycles. The molecule has 0 radical (unpaired) electrons. The average Bonchev–Trinajstić information content (AvgIpc) is 3.25. The Hall–Kier alpha value is -4.33. The molecule has 4 rings (SSSR count). The molecule has 32 heavy (non-hydrogen) atoms. The van der Waals surface area contributed by atoms with Crippen LogP contribution in [0.2, 0.25) is 0 Å². The van der Waals surface area contributed by atoms with Crippen molar-refractivity contribution in [3.63, 3.8) is 0 Å². The van der Waals surface area contributed by atoms with Gasteiger partial charge < -0.3 is 11.5 Å². The second-order valence-electron chi connectivity index (χ2n) is 7.25. The number of anilines is 1. The number of nitrogens with zero attached hydrogens (tertiary/aromatic N) is 4. The number of primary amides is 1. The number of amides is 1. The molecule has 0 unspecified atom stereocenters. The van der Waals surface area contributed by atoms with Crippen molar-refractivity contribution in [3.05, 3.63) is 71.8 Å². The first-order chi connectivity index (χ1) is 15.3. The maximum absolute atomic E-state index is 13.6. The summed E-state index contributed by atoms with van der Waals surface area (Å²) in [6.07, 6.45) is 3.51. The molecule has 0 aliphatic heterocycles. The number of aliphatic imine (C=N–C) groups is 1. The highest BCUT2D eigenvalue weighted by molar-refractivity contribution is 5.93. The van der Waals surface area contributed by atoms with Gasteiger partial charge in [0.2, 0.25) is 0 Å². The van der Waals surface area contributed by atoms with E-state index in [9.17, 15) is 9.18 Å². The Kier molecular flexibility index (Phi) is 5.28. The van der Waals surface area contributed by atoms with Gasteiger partial charge in [-0.3, -0.25) is 14.2 Å². The number of imidazole rings is 1. The summed E-state index contributed by atoms with van der Waals surface area (Å²) >= 11 is 0. The average molecular weight is 428 g/mol. The Labute approximate surface area is 184 Å². The first kappa shape index (κ1) is 20.9. The van der Waals surface area contributed by atoms with Crippen LogP contribution in [0.15, 0.2) is 59.7 Å². The molecule has 0 spiro atoms. The van der Waals surface area contributed by atoms with Gasteiger partial charge in [0, 0.05) is 22.9 Å². The van der Waals surface area contributed by atoms with Gasteiger partial charge in [0.05, 0.1) is 17.1 Å². The van der Waals surface area contributed by atoms with Gasteiger partial charge in [-0.05, 0) is 62.5 Å². The van der Waals surface area contributed by atoms with Crippen molar-refractivity contribution in [2.45, 2.75) is 13.8 Å². The molecule has 2 aromatic carbocycles. The minimum atomic E-state index is -0.681. The van der Waals surface area contributed by atoms with Crippen molar-refractivity contribution in [2.75, 3.05) is 5.73 Å². The number of aromatic nitrogens is 3. The van der Waals surface area contributed by atoms with Crippen LogP contribution >= 0.6 is 0 Å². The molecule has 0 atom stereocenters. The fraction of sp³-hybridized carbons (Fsp3) is 0.0833. The minimum absolute atomic E-state index is 0.0604. The highest BCUT2D eigenvalue weighted by Crippen LogP contribution is 2.37. The Balaban J connectivity index is 2.11. The van der Waals surface area contributed by atoms with Gasteiger partial charge in [-0.25, -0.2) is 14.4 Å². The summed E-state index contributed by atoms with van der Waals surface area (Å²) in [4.78, 5) is 24.7. The van der Waals surface area contributed by atoms with E-state index in [1.165, 1.54) is 18.3 Å². The number of hydrogen-bond acceptors (Lipinski definition) is 5. The van der Waals surface area contributed by atoms with Crippen molar-refractivity contribution in [1.29, 1.82) is 0 Å². The lowest BCUT2D eigenvalue weighted by Crippen LogP contribution is -2.10. The van der Waals surface area contributed by atoms with Crippen LogP contribution in [0.3, 0.4) is 0 Å². The van der Waals surface area contributed by atoms with Gasteiger partial charge in [-0.2, -0.15) is 0 Å². The van der Waals surface area contributed by atoms with E-state index in [-0.39, 0.29) is 17.3 Å². The van der Waals surface area contributed by atoms with E-state index in [0.717, 1.165) is 22.4 Å². The summed E-state index contributed by atoms with van der Waals surface area (Å²) < 4.78 is 15.3. The molecule has 1 amide bonds. The molecule has 2 heterocycles. The molecule has 0 fully saturated rings. The van der Waals surface area contributed by atoms with E-state index in [2.05, 4.69) is 21.7 Å². The standard InChI is InChI=1S/C24H21FN6O/c1-4-13(2)17-11-15(7-10-18(17)28-3)21-20(14-5-8-16(25)9-6-14)30-22(26)24-29-19(23(27)32)12-31(21)24/h4-12H,3H2,1-2H3,(H2,26,30)(H2,27,32)/b13-4-. The molecule has 4 aromatic rings. The van der Waals surface area contributed by atoms with Crippen LogP contribution < -0.4 is 11.5 Å². The van der Waals surface area contributed by atoms with Crippen LogP contribution in [0.25, 0.3) is 33.7 Å². The molecule has 0 aliphatic carbocycles. The normalized spacial score (nSPS) is 11.7. The number of nitrogens with two attached hydrogens (primary N) is 2. The maximum Gasteiger partial charge on any atom is 0.268 e. The molecule has 0 bridgehead atoms. The van der Waals surface area contributed by atoms with Crippen molar-refractivity contribution >= 4 is 35.4 Å². The zero-order chi connectivity index (χ0) is 23.0. The summed E-state index contributed by atoms with van der Waals surface area (Å²) in [7, 11) is 0. The molecule has 7 nitrogen and oxygen atoms in total. The number of carbonyl (C=O) groups is 1. The fourth-order valence-electron chi connectivity index (χ4n) is 3.57. The Morgan fingerprint density at radius 3 is 2.47 bits per heavy atom. The van der Waals surface area contributed by atoms with Gasteiger partial charge in [0.15, 0.2) is 11.5 Å². The summed E-state index contributed by atoms with van der Waals surface area (Å²) in [5, 5.41) is 0. The zero-order valence-electron chi connectivity index (χ0n) is 17.6. The lowest BCUT2D eigenvalue weighted by atomic mass is 9.97. The van der Waals surface area contributed by atoms with Crippen molar-refractivity contribution in [1.82, 2.24) is 14.4 Å². The van der Waals surface area contributed by atoms with E-state index < -0.39 is 5.91 Å². The zero-order valence-corrected chi connectivity index (χ0v) is 17.6. The predicted octanol–water partition coefficient (Wildman–Crippen LogP) is 4.64. The van der Waals surface area contributed by atoms with E-state index in [0.29, 0.717) is 22.6 Å². The van der Waals surface area contributed by atoms with Crippen LogP contribution in [0.5, 0.6) is 0 Å². The third-order valence-electron chi connectivity index (χ3n) is 5.30. The third kappa shape index (κ3) is 3.51. The number of hydrogen-bond donors (Lipinski definition) is 2. The Bertz CT molecular complexity index is 1400. The van der Waals surface area contributed by atoms with Gasteiger partial charge in [-0.1, -0.05) is 12.1 Å². The van der Waals surface area contributed by atoms with Crippen LogP contribution in [-0.4, -0.2) is 27.0 Å². The highest BCUT2D eigenvalue weighted by Gasteiger charge is 2.20. The number of halogens is 1.